The maximum Gasteiger partial charge on any atom is 0.264 e. The molecule has 1 atom stereocenters. The number of carbonyl (C=O) groups is 2. The predicted molar refractivity (Wildman–Crippen MR) is 106 cm³/mol. The zero-order chi connectivity index (χ0) is 19.7. The van der Waals surface area contributed by atoms with Crippen molar-refractivity contribution in [1.29, 1.82) is 0 Å². The number of rotatable bonds is 3. The van der Waals surface area contributed by atoms with E-state index in [1.807, 2.05) is 18.4 Å². The fourth-order valence-electron chi connectivity index (χ4n) is 4.30. The number of aryl methyl sites for hydroxylation is 1. The first-order chi connectivity index (χ1) is 13.5. The Morgan fingerprint density at radius 2 is 2.07 bits per heavy atom. The van der Waals surface area contributed by atoms with Gasteiger partial charge in [-0.05, 0) is 55.0 Å². The Hall–Kier alpha value is -2.25. The fourth-order valence-corrected chi connectivity index (χ4v) is 5.19. The maximum atomic E-state index is 13.5. The summed E-state index contributed by atoms with van der Waals surface area (Å²) in [6.07, 6.45) is 1.48. The SMILES string of the molecule is Cc1ccsc1C(=O)N1C[C@@H](C(=O)Nc2cccc(F)c2)C2(CCOCC2)C1. The highest BCUT2D eigenvalue weighted by Gasteiger charge is 2.52. The molecule has 0 unspecified atom stereocenters. The first kappa shape index (κ1) is 19.1. The van der Waals surface area contributed by atoms with Crippen molar-refractivity contribution in [3.63, 3.8) is 0 Å². The molecule has 1 spiro atoms. The van der Waals surface area contributed by atoms with Crippen LogP contribution in [-0.4, -0.2) is 43.0 Å². The molecule has 148 valence electrons. The average molecular weight is 402 g/mol. The third-order valence-electron chi connectivity index (χ3n) is 5.89. The zero-order valence-corrected chi connectivity index (χ0v) is 16.6. The number of likely N-dealkylation sites (tertiary alicyclic amines) is 1. The molecule has 2 aromatic rings. The summed E-state index contributed by atoms with van der Waals surface area (Å²) in [6, 6.07) is 7.83. The fraction of sp³-hybridized carbons (Fsp3) is 0.429. The van der Waals surface area contributed by atoms with E-state index in [-0.39, 0.29) is 23.1 Å². The highest BCUT2D eigenvalue weighted by Crippen LogP contribution is 2.45. The molecule has 0 aliphatic carbocycles. The van der Waals surface area contributed by atoms with Crippen LogP contribution in [0.4, 0.5) is 10.1 Å². The summed E-state index contributed by atoms with van der Waals surface area (Å²) < 4.78 is 19.0. The average Bonchev–Trinajstić information content (AvgIpc) is 3.26. The standard InChI is InChI=1S/C21H23FN2O3S/c1-14-5-10-28-18(14)20(26)24-12-17(21(13-24)6-8-27-9-7-21)19(25)23-16-4-2-3-15(22)11-16/h2-5,10-11,17H,6-9,12-13H2,1H3,(H,23,25)/t17-/m0/s1. The van der Waals surface area contributed by atoms with Crippen LogP contribution >= 0.6 is 11.3 Å². The van der Waals surface area contributed by atoms with E-state index in [4.69, 9.17) is 4.74 Å². The molecule has 7 heteroatoms. The van der Waals surface area contributed by atoms with Crippen LogP contribution in [-0.2, 0) is 9.53 Å². The Bertz CT molecular complexity index is 891. The highest BCUT2D eigenvalue weighted by molar-refractivity contribution is 7.12. The van der Waals surface area contributed by atoms with Gasteiger partial charge in [0.15, 0.2) is 0 Å². The van der Waals surface area contributed by atoms with Gasteiger partial charge >= 0.3 is 0 Å². The van der Waals surface area contributed by atoms with Crippen molar-refractivity contribution in [3.05, 3.63) is 52.0 Å². The Kier molecular flexibility index (Phi) is 5.21. The lowest BCUT2D eigenvalue weighted by Crippen LogP contribution is -2.42. The summed E-state index contributed by atoms with van der Waals surface area (Å²) in [4.78, 5) is 28.7. The van der Waals surface area contributed by atoms with Gasteiger partial charge in [0.25, 0.3) is 5.91 Å². The zero-order valence-electron chi connectivity index (χ0n) is 15.7. The topological polar surface area (TPSA) is 58.6 Å². The van der Waals surface area contributed by atoms with Gasteiger partial charge in [-0.15, -0.1) is 11.3 Å². The first-order valence-corrected chi connectivity index (χ1v) is 10.3. The van der Waals surface area contributed by atoms with Crippen LogP contribution in [0.25, 0.3) is 0 Å². The number of anilines is 1. The summed E-state index contributed by atoms with van der Waals surface area (Å²) in [6.45, 7) is 4.02. The predicted octanol–water partition coefficient (Wildman–Crippen LogP) is 3.70. The van der Waals surface area contributed by atoms with Crippen molar-refractivity contribution < 1.29 is 18.7 Å². The molecule has 2 saturated heterocycles. The molecule has 3 heterocycles. The van der Waals surface area contributed by atoms with Crippen LogP contribution in [0.1, 0.15) is 28.1 Å². The molecule has 0 radical (unpaired) electrons. The number of thiophene rings is 1. The van der Waals surface area contributed by atoms with Gasteiger partial charge < -0.3 is 15.0 Å². The number of hydrogen-bond donors (Lipinski definition) is 1. The number of halogens is 1. The summed E-state index contributed by atoms with van der Waals surface area (Å²) in [5, 5.41) is 4.76. The number of amides is 2. The number of ether oxygens (including phenoxy) is 1. The molecule has 28 heavy (non-hydrogen) atoms. The van der Waals surface area contributed by atoms with Crippen LogP contribution in [0.5, 0.6) is 0 Å². The van der Waals surface area contributed by atoms with Crippen LogP contribution in [0, 0.1) is 24.1 Å². The molecule has 1 aromatic heterocycles. The van der Waals surface area contributed by atoms with Gasteiger partial charge in [-0.2, -0.15) is 0 Å². The van der Waals surface area contributed by atoms with Gasteiger partial charge in [0.2, 0.25) is 5.91 Å². The molecule has 2 aliphatic rings. The lowest BCUT2D eigenvalue weighted by Gasteiger charge is -2.37. The second-order valence-corrected chi connectivity index (χ2v) is 8.56. The molecular formula is C21H23FN2O3S. The molecule has 1 N–H and O–H groups in total. The van der Waals surface area contributed by atoms with Crippen LogP contribution in [0.15, 0.2) is 35.7 Å². The third-order valence-corrected chi connectivity index (χ3v) is 6.89. The van der Waals surface area contributed by atoms with Crippen molar-refractivity contribution in [2.75, 3.05) is 31.6 Å². The lowest BCUT2D eigenvalue weighted by atomic mass is 9.71. The van der Waals surface area contributed by atoms with Gasteiger partial charge in [-0.1, -0.05) is 6.07 Å². The van der Waals surface area contributed by atoms with Gasteiger partial charge in [-0.25, -0.2) is 4.39 Å². The molecule has 5 nitrogen and oxygen atoms in total. The van der Waals surface area contributed by atoms with E-state index in [0.717, 1.165) is 23.3 Å². The summed E-state index contributed by atoms with van der Waals surface area (Å²) in [7, 11) is 0. The Morgan fingerprint density at radius 3 is 2.75 bits per heavy atom. The monoisotopic (exact) mass is 402 g/mol. The smallest absolute Gasteiger partial charge is 0.264 e. The van der Waals surface area contributed by atoms with Gasteiger partial charge in [-0.3, -0.25) is 9.59 Å². The third kappa shape index (κ3) is 3.56. The molecule has 2 aliphatic heterocycles. The van der Waals surface area contributed by atoms with E-state index >= 15 is 0 Å². The summed E-state index contributed by atoms with van der Waals surface area (Å²) in [5.41, 5.74) is 1.10. The molecule has 0 saturated carbocycles. The lowest BCUT2D eigenvalue weighted by molar-refractivity contribution is -0.124. The summed E-state index contributed by atoms with van der Waals surface area (Å²) >= 11 is 1.44. The van der Waals surface area contributed by atoms with Crippen LogP contribution in [0.2, 0.25) is 0 Å². The second kappa shape index (κ2) is 7.64. The Labute approximate surface area is 167 Å². The van der Waals surface area contributed by atoms with E-state index in [1.54, 1.807) is 17.0 Å². The van der Waals surface area contributed by atoms with Crippen LogP contribution in [0.3, 0.4) is 0 Å². The number of hydrogen-bond acceptors (Lipinski definition) is 4. The normalized spacial score (nSPS) is 21.1. The number of benzene rings is 1. The van der Waals surface area contributed by atoms with E-state index in [0.29, 0.717) is 32.0 Å². The quantitative estimate of drug-likeness (QED) is 0.852. The van der Waals surface area contributed by atoms with E-state index in [9.17, 15) is 14.0 Å². The molecular weight excluding hydrogens is 379 g/mol. The largest absolute Gasteiger partial charge is 0.381 e. The minimum atomic E-state index is -0.394. The van der Waals surface area contributed by atoms with E-state index in [2.05, 4.69) is 5.32 Å². The minimum Gasteiger partial charge on any atom is -0.381 e. The van der Waals surface area contributed by atoms with Gasteiger partial charge in [0.05, 0.1) is 10.8 Å². The van der Waals surface area contributed by atoms with E-state index in [1.165, 1.54) is 23.5 Å². The number of nitrogens with zero attached hydrogens (tertiary/aromatic N) is 1. The molecule has 2 amide bonds. The maximum absolute atomic E-state index is 13.5. The van der Waals surface area contributed by atoms with Crippen molar-refractivity contribution in [1.82, 2.24) is 4.90 Å². The van der Waals surface area contributed by atoms with E-state index < -0.39 is 5.82 Å². The first-order valence-electron chi connectivity index (χ1n) is 9.46. The number of nitrogens with one attached hydrogen (secondary N) is 1. The van der Waals surface area contributed by atoms with Gasteiger partial charge in [0.1, 0.15) is 5.82 Å². The van der Waals surface area contributed by atoms with Crippen molar-refractivity contribution in [2.24, 2.45) is 11.3 Å². The minimum absolute atomic E-state index is 0.0144. The Morgan fingerprint density at radius 1 is 1.29 bits per heavy atom. The second-order valence-electron chi connectivity index (χ2n) is 7.65. The molecule has 4 rings (SSSR count). The van der Waals surface area contributed by atoms with Crippen LogP contribution < -0.4 is 5.32 Å². The van der Waals surface area contributed by atoms with Crippen molar-refractivity contribution in [3.8, 4) is 0 Å². The van der Waals surface area contributed by atoms with Crippen molar-refractivity contribution >= 4 is 28.8 Å². The molecule has 2 fully saturated rings. The summed E-state index contributed by atoms with van der Waals surface area (Å²) in [5.74, 6) is -0.913. The number of carbonyl (C=O) groups excluding carboxylic acids is 2. The Balaban J connectivity index is 1.57. The van der Waals surface area contributed by atoms with Gasteiger partial charge in [0, 0.05) is 37.4 Å². The van der Waals surface area contributed by atoms with Crippen molar-refractivity contribution in [2.45, 2.75) is 19.8 Å². The molecule has 0 bridgehead atoms. The highest BCUT2D eigenvalue weighted by atomic mass is 32.1. The molecule has 1 aromatic carbocycles.